The van der Waals surface area contributed by atoms with Crippen LogP contribution in [0.5, 0.6) is 0 Å². The van der Waals surface area contributed by atoms with Crippen LogP contribution >= 0.6 is 0 Å². The van der Waals surface area contributed by atoms with E-state index in [1.165, 1.54) is 6.07 Å². The van der Waals surface area contributed by atoms with Gasteiger partial charge < -0.3 is 5.73 Å². The van der Waals surface area contributed by atoms with Crippen molar-refractivity contribution in [2.24, 2.45) is 5.14 Å². The lowest BCUT2D eigenvalue weighted by Crippen LogP contribution is -2.18. The van der Waals surface area contributed by atoms with Gasteiger partial charge in [-0.1, -0.05) is 0 Å². The Morgan fingerprint density at radius 2 is 2.06 bits per heavy atom. The monoisotopic (exact) mass is 248 g/mol. The van der Waals surface area contributed by atoms with E-state index in [0.29, 0.717) is 0 Å². The van der Waals surface area contributed by atoms with Gasteiger partial charge in [-0.2, -0.15) is 5.26 Å². The number of pyridine rings is 1. The predicted octanol–water partition coefficient (Wildman–Crippen LogP) is 0.120. The van der Waals surface area contributed by atoms with E-state index in [4.69, 9.17) is 16.1 Å². The molecule has 0 aliphatic rings. The van der Waals surface area contributed by atoms with Gasteiger partial charge in [-0.3, -0.25) is 4.98 Å². The zero-order chi connectivity index (χ0) is 12.5. The highest BCUT2D eigenvalue weighted by atomic mass is 32.2. The molecule has 0 spiro atoms. The van der Waals surface area contributed by atoms with Crippen LogP contribution < -0.4 is 10.9 Å². The molecule has 9 heteroatoms. The van der Waals surface area contributed by atoms with Crippen LogP contribution in [0, 0.1) is 11.3 Å². The number of rotatable bonds is 2. The molecule has 0 amide bonds. The van der Waals surface area contributed by atoms with Gasteiger partial charge >= 0.3 is 0 Å². The van der Waals surface area contributed by atoms with Crippen LogP contribution in [0.4, 0.5) is 14.5 Å². The van der Waals surface area contributed by atoms with E-state index in [1.54, 1.807) is 0 Å². The smallest absolute Gasteiger partial charge is 0.281 e. The van der Waals surface area contributed by atoms with Crippen LogP contribution in [0.25, 0.3) is 0 Å². The molecule has 1 rings (SSSR count). The molecule has 1 aromatic rings. The Hall–Kier alpha value is -1.79. The molecule has 16 heavy (non-hydrogen) atoms. The predicted molar refractivity (Wildman–Crippen MR) is 49.7 cm³/mol. The fourth-order valence-electron chi connectivity index (χ4n) is 1.10. The largest absolute Gasteiger partial charge is 0.396 e. The highest BCUT2D eigenvalue weighted by Crippen LogP contribution is 2.28. The average Bonchev–Trinajstić information content (AvgIpc) is 2.14. The summed E-state index contributed by atoms with van der Waals surface area (Å²) in [5, 5.41) is 13.4. The van der Waals surface area contributed by atoms with E-state index in [2.05, 4.69) is 4.98 Å². The summed E-state index contributed by atoms with van der Waals surface area (Å²) in [5.41, 5.74) is 3.01. The number of alkyl halides is 2. The maximum absolute atomic E-state index is 12.4. The topological polar surface area (TPSA) is 123 Å². The Labute approximate surface area is 89.5 Å². The molecule has 1 heterocycles. The number of nitrogen functional groups attached to an aromatic ring is 1. The second kappa shape index (κ2) is 3.99. The summed E-state index contributed by atoms with van der Waals surface area (Å²) in [6.45, 7) is 0. The summed E-state index contributed by atoms with van der Waals surface area (Å²) in [5.74, 6) is 0. The maximum atomic E-state index is 12.4. The van der Waals surface area contributed by atoms with Crippen molar-refractivity contribution in [3.63, 3.8) is 0 Å². The standard InChI is InChI=1S/C7H6F2N4O2S/c8-7(9)5-3(1-10)6(16(12,14)15)4(11)2-13-5/h2,7H,11H2,(H2,12,14,15). The number of nitriles is 1. The van der Waals surface area contributed by atoms with Crippen LogP contribution in [0.15, 0.2) is 11.1 Å². The first-order valence-corrected chi connectivity index (χ1v) is 5.33. The van der Waals surface area contributed by atoms with Crippen molar-refractivity contribution in [3.8, 4) is 6.07 Å². The van der Waals surface area contributed by atoms with Gasteiger partial charge in [0.25, 0.3) is 6.43 Å². The number of nitrogens with zero attached hydrogens (tertiary/aromatic N) is 2. The van der Waals surface area contributed by atoms with E-state index >= 15 is 0 Å². The third-order valence-corrected chi connectivity index (χ3v) is 2.70. The Kier molecular flexibility index (Phi) is 3.06. The average molecular weight is 248 g/mol. The van der Waals surface area contributed by atoms with E-state index in [9.17, 15) is 17.2 Å². The van der Waals surface area contributed by atoms with Crippen LogP contribution in [0.2, 0.25) is 0 Å². The first kappa shape index (κ1) is 12.3. The molecular formula is C7H6F2N4O2S. The molecule has 0 aliphatic carbocycles. The fraction of sp³-hybridized carbons (Fsp3) is 0.143. The maximum Gasteiger partial charge on any atom is 0.281 e. The van der Waals surface area contributed by atoms with Crippen LogP contribution in [0.3, 0.4) is 0 Å². The van der Waals surface area contributed by atoms with Crippen molar-refractivity contribution < 1.29 is 17.2 Å². The first-order valence-electron chi connectivity index (χ1n) is 3.78. The van der Waals surface area contributed by atoms with E-state index in [0.717, 1.165) is 6.20 Å². The molecule has 0 radical (unpaired) electrons. The number of hydrogen-bond acceptors (Lipinski definition) is 5. The zero-order valence-corrected chi connectivity index (χ0v) is 8.50. The minimum atomic E-state index is -4.35. The Morgan fingerprint density at radius 3 is 2.44 bits per heavy atom. The lowest BCUT2D eigenvalue weighted by Gasteiger charge is -2.08. The SMILES string of the molecule is N#Cc1c(C(F)F)ncc(N)c1S(N)(=O)=O. The molecule has 1 aromatic heterocycles. The van der Waals surface area contributed by atoms with Crippen molar-refractivity contribution in [2.75, 3.05) is 5.73 Å². The summed E-state index contributed by atoms with van der Waals surface area (Å²) in [7, 11) is -4.35. The van der Waals surface area contributed by atoms with Gasteiger partial charge in [0, 0.05) is 0 Å². The normalized spacial score (nSPS) is 11.4. The second-order valence-corrected chi connectivity index (χ2v) is 4.26. The summed E-state index contributed by atoms with van der Waals surface area (Å²) >= 11 is 0. The lowest BCUT2D eigenvalue weighted by molar-refractivity contribution is 0.145. The highest BCUT2D eigenvalue weighted by Gasteiger charge is 2.25. The molecular weight excluding hydrogens is 242 g/mol. The summed E-state index contributed by atoms with van der Waals surface area (Å²) in [6, 6.07) is 1.31. The molecule has 86 valence electrons. The van der Waals surface area contributed by atoms with Crippen LogP contribution in [-0.2, 0) is 10.0 Å². The number of anilines is 1. The van der Waals surface area contributed by atoms with Gasteiger partial charge in [0.2, 0.25) is 10.0 Å². The minimum Gasteiger partial charge on any atom is -0.396 e. The molecule has 0 fully saturated rings. The zero-order valence-electron chi connectivity index (χ0n) is 7.68. The molecule has 0 unspecified atom stereocenters. The van der Waals surface area contributed by atoms with E-state index in [1.807, 2.05) is 0 Å². The van der Waals surface area contributed by atoms with Crippen molar-refractivity contribution in [2.45, 2.75) is 11.3 Å². The van der Waals surface area contributed by atoms with Crippen molar-refractivity contribution in [3.05, 3.63) is 17.5 Å². The number of sulfonamides is 1. The molecule has 0 saturated carbocycles. The van der Waals surface area contributed by atoms with Crippen LogP contribution in [0.1, 0.15) is 17.7 Å². The number of hydrogen-bond donors (Lipinski definition) is 2. The van der Waals surface area contributed by atoms with Gasteiger partial charge in [-0.05, 0) is 0 Å². The van der Waals surface area contributed by atoms with Gasteiger partial charge in [0.15, 0.2) is 0 Å². The Bertz CT molecular complexity index is 564. The first-order chi connectivity index (χ1) is 7.29. The molecule has 0 saturated heterocycles. The van der Waals surface area contributed by atoms with E-state index < -0.39 is 38.3 Å². The number of nitrogens with two attached hydrogens (primary N) is 2. The third kappa shape index (κ3) is 2.07. The summed E-state index contributed by atoms with van der Waals surface area (Å²) < 4.78 is 47.0. The third-order valence-electron chi connectivity index (χ3n) is 1.69. The summed E-state index contributed by atoms with van der Waals surface area (Å²) in [4.78, 5) is 2.39. The lowest BCUT2D eigenvalue weighted by atomic mass is 10.2. The van der Waals surface area contributed by atoms with Crippen molar-refractivity contribution in [1.82, 2.24) is 4.98 Å². The van der Waals surface area contributed by atoms with Crippen molar-refractivity contribution in [1.29, 1.82) is 5.26 Å². The quantitative estimate of drug-likeness (QED) is 0.769. The molecule has 4 N–H and O–H groups in total. The Balaban J connectivity index is 3.74. The number of aromatic nitrogens is 1. The van der Waals surface area contributed by atoms with Gasteiger partial charge in [0.05, 0.1) is 11.9 Å². The van der Waals surface area contributed by atoms with Crippen molar-refractivity contribution >= 4 is 15.7 Å². The molecule has 0 bridgehead atoms. The fourth-order valence-corrected chi connectivity index (χ4v) is 1.92. The van der Waals surface area contributed by atoms with Crippen LogP contribution in [-0.4, -0.2) is 13.4 Å². The van der Waals surface area contributed by atoms with Gasteiger partial charge in [0.1, 0.15) is 22.2 Å². The van der Waals surface area contributed by atoms with Gasteiger partial charge in [-0.15, -0.1) is 0 Å². The Morgan fingerprint density at radius 1 is 1.50 bits per heavy atom. The minimum absolute atomic E-state index is 0.441. The molecule has 0 aromatic carbocycles. The highest BCUT2D eigenvalue weighted by molar-refractivity contribution is 7.89. The number of primary sulfonamides is 1. The molecule has 0 atom stereocenters. The number of halogens is 2. The second-order valence-electron chi connectivity index (χ2n) is 2.76. The summed E-state index contributed by atoms with van der Waals surface area (Å²) in [6.07, 6.45) is -2.36. The van der Waals surface area contributed by atoms with Gasteiger partial charge in [-0.25, -0.2) is 22.3 Å². The van der Waals surface area contributed by atoms with E-state index in [-0.39, 0.29) is 0 Å². The molecule has 0 aliphatic heterocycles. The molecule has 6 nitrogen and oxygen atoms in total.